The number of nitrogens with zero attached hydrogens (tertiary/aromatic N) is 1. The van der Waals surface area contributed by atoms with Crippen molar-refractivity contribution >= 4 is 23.2 Å². The van der Waals surface area contributed by atoms with E-state index in [2.05, 4.69) is 45.4 Å². The molecule has 0 aliphatic rings. The van der Waals surface area contributed by atoms with Crippen molar-refractivity contribution in [3.05, 3.63) is 52.2 Å². The number of carbonyl (C=O) groups is 1. The minimum Gasteiger partial charge on any atom is -0.497 e. The molecule has 1 aromatic carbocycles. The SMILES string of the molecule is CCNC(=NCC(=O)NCc1ccc(OC)cc1)NCC(C)Cc1cccs1. The molecule has 0 saturated heterocycles. The molecule has 1 heterocycles. The first-order chi connectivity index (χ1) is 13.6. The quantitative estimate of drug-likeness (QED) is 0.422. The summed E-state index contributed by atoms with van der Waals surface area (Å²) in [4.78, 5) is 17.9. The first kappa shape index (κ1) is 21.8. The molecule has 152 valence electrons. The highest BCUT2D eigenvalue weighted by molar-refractivity contribution is 7.09. The molecule has 0 aliphatic heterocycles. The number of hydrogen-bond donors (Lipinski definition) is 3. The van der Waals surface area contributed by atoms with Gasteiger partial charge in [0.1, 0.15) is 12.3 Å². The van der Waals surface area contributed by atoms with Crippen molar-refractivity contribution in [3.63, 3.8) is 0 Å². The number of aliphatic imine (C=N–C) groups is 1. The zero-order chi connectivity index (χ0) is 20.2. The molecule has 0 aliphatic carbocycles. The van der Waals surface area contributed by atoms with Gasteiger partial charge in [0.25, 0.3) is 0 Å². The molecule has 7 heteroatoms. The molecule has 6 nitrogen and oxygen atoms in total. The van der Waals surface area contributed by atoms with Crippen LogP contribution in [-0.2, 0) is 17.8 Å². The largest absolute Gasteiger partial charge is 0.497 e. The summed E-state index contributed by atoms with van der Waals surface area (Å²) in [5.41, 5.74) is 1.02. The summed E-state index contributed by atoms with van der Waals surface area (Å²) in [7, 11) is 1.63. The maximum Gasteiger partial charge on any atom is 0.242 e. The second-order valence-corrected chi connectivity index (χ2v) is 7.62. The Bertz CT molecular complexity index is 729. The molecule has 0 saturated carbocycles. The molecule has 1 unspecified atom stereocenters. The van der Waals surface area contributed by atoms with Crippen LogP contribution >= 0.6 is 11.3 Å². The van der Waals surface area contributed by atoms with Gasteiger partial charge in [-0.05, 0) is 48.4 Å². The predicted octanol–water partition coefficient (Wildman–Crippen LogP) is 2.81. The number of guanidine groups is 1. The third kappa shape index (κ3) is 8.00. The van der Waals surface area contributed by atoms with E-state index in [1.165, 1.54) is 4.88 Å². The Kier molecular flexibility index (Phi) is 9.34. The van der Waals surface area contributed by atoms with Crippen LogP contribution in [0.25, 0.3) is 0 Å². The van der Waals surface area contributed by atoms with Gasteiger partial charge in [-0.3, -0.25) is 4.79 Å². The number of methoxy groups -OCH3 is 1. The number of rotatable bonds is 10. The Labute approximate surface area is 171 Å². The molecule has 28 heavy (non-hydrogen) atoms. The first-order valence-electron chi connectivity index (χ1n) is 9.55. The number of carbonyl (C=O) groups excluding carboxylic acids is 1. The molecule has 2 rings (SSSR count). The lowest BCUT2D eigenvalue weighted by molar-refractivity contribution is -0.119. The van der Waals surface area contributed by atoms with Crippen molar-refractivity contribution in [2.45, 2.75) is 26.8 Å². The number of nitrogens with one attached hydrogen (secondary N) is 3. The summed E-state index contributed by atoms with van der Waals surface area (Å²) < 4.78 is 5.13. The molecule has 3 N–H and O–H groups in total. The molecule has 1 aromatic heterocycles. The molecule has 1 atom stereocenters. The van der Waals surface area contributed by atoms with Crippen molar-refractivity contribution in [1.82, 2.24) is 16.0 Å². The fourth-order valence-electron chi connectivity index (χ4n) is 2.61. The van der Waals surface area contributed by atoms with Crippen molar-refractivity contribution in [2.24, 2.45) is 10.9 Å². The van der Waals surface area contributed by atoms with E-state index in [0.717, 1.165) is 30.8 Å². The fourth-order valence-corrected chi connectivity index (χ4v) is 3.48. The molecule has 0 fully saturated rings. The Morgan fingerprint density at radius 2 is 1.96 bits per heavy atom. The van der Waals surface area contributed by atoms with Gasteiger partial charge in [-0.25, -0.2) is 4.99 Å². The summed E-state index contributed by atoms with van der Waals surface area (Å²) in [5, 5.41) is 11.5. The van der Waals surface area contributed by atoms with Gasteiger partial charge in [-0.1, -0.05) is 25.1 Å². The number of thiophene rings is 1. The van der Waals surface area contributed by atoms with Gasteiger partial charge < -0.3 is 20.7 Å². The van der Waals surface area contributed by atoms with Crippen LogP contribution in [0.15, 0.2) is 46.8 Å². The Balaban J connectivity index is 1.75. The molecule has 0 bridgehead atoms. The lowest BCUT2D eigenvalue weighted by atomic mass is 10.1. The van der Waals surface area contributed by atoms with E-state index in [4.69, 9.17) is 4.74 Å². The van der Waals surface area contributed by atoms with E-state index in [-0.39, 0.29) is 12.5 Å². The highest BCUT2D eigenvalue weighted by atomic mass is 32.1. The van der Waals surface area contributed by atoms with E-state index >= 15 is 0 Å². The fraction of sp³-hybridized carbons (Fsp3) is 0.429. The zero-order valence-electron chi connectivity index (χ0n) is 16.8. The second kappa shape index (κ2) is 12.0. The topological polar surface area (TPSA) is 74.8 Å². The molecular weight excluding hydrogens is 372 g/mol. The molecule has 1 amide bonds. The van der Waals surface area contributed by atoms with E-state index in [1.807, 2.05) is 31.2 Å². The normalized spacial score (nSPS) is 12.3. The first-order valence-corrected chi connectivity index (χ1v) is 10.4. The predicted molar refractivity (Wildman–Crippen MR) is 116 cm³/mol. The van der Waals surface area contributed by atoms with Gasteiger partial charge in [-0.15, -0.1) is 11.3 Å². The van der Waals surface area contributed by atoms with Gasteiger partial charge >= 0.3 is 0 Å². The minimum absolute atomic E-state index is 0.0881. The Morgan fingerprint density at radius 1 is 1.18 bits per heavy atom. The molecule has 0 radical (unpaired) electrons. The number of amides is 1. The maximum absolute atomic E-state index is 12.1. The Morgan fingerprint density at radius 3 is 2.61 bits per heavy atom. The van der Waals surface area contributed by atoms with Crippen molar-refractivity contribution in [3.8, 4) is 5.75 Å². The van der Waals surface area contributed by atoms with Crippen LogP contribution in [0.4, 0.5) is 0 Å². The highest BCUT2D eigenvalue weighted by Crippen LogP contribution is 2.13. The Hall–Kier alpha value is -2.54. The van der Waals surface area contributed by atoms with Gasteiger partial charge in [0, 0.05) is 24.5 Å². The molecule has 2 aromatic rings. The highest BCUT2D eigenvalue weighted by Gasteiger charge is 2.07. The van der Waals surface area contributed by atoms with Crippen molar-refractivity contribution < 1.29 is 9.53 Å². The van der Waals surface area contributed by atoms with Crippen molar-refractivity contribution in [2.75, 3.05) is 26.7 Å². The summed E-state index contributed by atoms with van der Waals surface area (Å²) in [6.45, 7) is 6.33. The standard InChI is InChI=1S/C21H30N4O2S/c1-4-22-21(24-13-16(2)12-19-6-5-11-28-19)25-15-20(26)23-14-17-7-9-18(27-3)10-8-17/h5-11,16H,4,12-15H2,1-3H3,(H,23,26)(H2,22,24,25). The summed E-state index contributed by atoms with van der Waals surface area (Å²) >= 11 is 1.78. The van der Waals surface area contributed by atoms with Gasteiger partial charge in [-0.2, -0.15) is 0 Å². The smallest absolute Gasteiger partial charge is 0.242 e. The number of ether oxygens (including phenoxy) is 1. The third-order valence-corrected chi connectivity index (χ3v) is 5.02. The molecular formula is C21H30N4O2S. The zero-order valence-corrected chi connectivity index (χ0v) is 17.6. The average Bonchev–Trinajstić information content (AvgIpc) is 3.21. The van der Waals surface area contributed by atoms with Gasteiger partial charge in [0.05, 0.1) is 7.11 Å². The summed E-state index contributed by atoms with van der Waals surface area (Å²) in [6, 6.07) is 11.9. The summed E-state index contributed by atoms with van der Waals surface area (Å²) in [5.74, 6) is 1.83. The van der Waals surface area contributed by atoms with Crippen LogP contribution in [-0.4, -0.2) is 38.6 Å². The van der Waals surface area contributed by atoms with Crippen LogP contribution in [0.5, 0.6) is 5.75 Å². The van der Waals surface area contributed by atoms with Gasteiger partial charge in [0.15, 0.2) is 5.96 Å². The van der Waals surface area contributed by atoms with Gasteiger partial charge in [0.2, 0.25) is 5.91 Å². The maximum atomic E-state index is 12.1. The van der Waals surface area contributed by atoms with Crippen LogP contribution in [0.1, 0.15) is 24.3 Å². The van der Waals surface area contributed by atoms with E-state index < -0.39 is 0 Å². The lowest BCUT2D eigenvalue weighted by Crippen LogP contribution is -2.40. The third-order valence-electron chi connectivity index (χ3n) is 4.12. The van der Waals surface area contributed by atoms with Crippen molar-refractivity contribution in [1.29, 1.82) is 0 Å². The monoisotopic (exact) mass is 402 g/mol. The van der Waals surface area contributed by atoms with E-state index in [0.29, 0.717) is 18.4 Å². The van der Waals surface area contributed by atoms with Crippen LogP contribution < -0.4 is 20.7 Å². The average molecular weight is 403 g/mol. The number of hydrogen-bond acceptors (Lipinski definition) is 4. The minimum atomic E-state index is -0.111. The lowest BCUT2D eigenvalue weighted by Gasteiger charge is -2.15. The second-order valence-electron chi connectivity index (χ2n) is 6.59. The van der Waals surface area contributed by atoms with Crippen LogP contribution in [0.3, 0.4) is 0 Å². The van der Waals surface area contributed by atoms with E-state index in [1.54, 1.807) is 18.4 Å². The van der Waals surface area contributed by atoms with Crippen LogP contribution in [0.2, 0.25) is 0 Å². The molecule has 0 spiro atoms. The van der Waals surface area contributed by atoms with Crippen LogP contribution in [0, 0.1) is 5.92 Å². The van der Waals surface area contributed by atoms with E-state index in [9.17, 15) is 4.79 Å². The number of benzene rings is 1. The summed E-state index contributed by atoms with van der Waals surface area (Å²) in [6.07, 6.45) is 1.03.